The van der Waals surface area contributed by atoms with Crippen LogP contribution in [0.15, 0.2) is 12.7 Å². The first kappa shape index (κ1) is 16.7. The zero-order valence-electron chi connectivity index (χ0n) is 11.3. The zero-order chi connectivity index (χ0) is 12.6. The maximum atomic E-state index is 8.58. The van der Waals surface area contributed by atoms with Crippen LogP contribution in [0.3, 0.4) is 0 Å². The standard InChI is InChI=1S/C15H30O2/c1-2-3-4-5-6-7-8-9-11-14-17-15-12-10-13-16/h2,16H,1,3-15H2. The van der Waals surface area contributed by atoms with Crippen LogP contribution >= 0.6 is 0 Å². The number of aliphatic hydroxyl groups is 1. The SMILES string of the molecule is C=CCCCCCCCCCOCCCCO. The van der Waals surface area contributed by atoms with E-state index in [2.05, 4.69) is 6.58 Å². The van der Waals surface area contributed by atoms with Crippen LogP contribution in [-0.4, -0.2) is 24.9 Å². The van der Waals surface area contributed by atoms with Crippen molar-refractivity contribution >= 4 is 0 Å². The first-order valence-electron chi connectivity index (χ1n) is 7.21. The monoisotopic (exact) mass is 242 g/mol. The summed E-state index contributed by atoms with van der Waals surface area (Å²) in [6.07, 6.45) is 14.2. The second-order valence-electron chi connectivity index (χ2n) is 4.60. The van der Waals surface area contributed by atoms with Gasteiger partial charge in [0.05, 0.1) is 0 Å². The second-order valence-corrected chi connectivity index (χ2v) is 4.60. The first-order chi connectivity index (χ1) is 8.41. The van der Waals surface area contributed by atoms with Gasteiger partial charge in [0.1, 0.15) is 0 Å². The van der Waals surface area contributed by atoms with E-state index in [0.717, 1.165) is 26.1 Å². The van der Waals surface area contributed by atoms with E-state index in [9.17, 15) is 0 Å². The van der Waals surface area contributed by atoms with Gasteiger partial charge in [0.2, 0.25) is 0 Å². The molecular formula is C15H30O2. The Balaban J connectivity index is 2.87. The maximum absolute atomic E-state index is 8.58. The van der Waals surface area contributed by atoms with E-state index in [1.165, 1.54) is 51.4 Å². The largest absolute Gasteiger partial charge is 0.396 e. The summed E-state index contributed by atoms with van der Waals surface area (Å²) in [7, 11) is 0. The van der Waals surface area contributed by atoms with E-state index < -0.39 is 0 Å². The molecule has 0 saturated heterocycles. The van der Waals surface area contributed by atoms with Crippen LogP contribution in [0.5, 0.6) is 0 Å². The van der Waals surface area contributed by atoms with Gasteiger partial charge in [0, 0.05) is 19.8 Å². The molecule has 0 amide bonds. The Kier molecular flexibility index (Phi) is 15.3. The van der Waals surface area contributed by atoms with Gasteiger partial charge in [-0.15, -0.1) is 6.58 Å². The number of aliphatic hydroxyl groups excluding tert-OH is 1. The average Bonchev–Trinajstić information content (AvgIpc) is 2.35. The molecule has 2 heteroatoms. The number of allylic oxidation sites excluding steroid dienone is 1. The lowest BCUT2D eigenvalue weighted by atomic mass is 10.1. The highest BCUT2D eigenvalue weighted by molar-refractivity contribution is 4.65. The van der Waals surface area contributed by atoms with Crippen LogP contribution in [0.4, 0.5) is 0 Å². The van der Waals surface area contributed by atoms with Crippen LogP contribution in [0.2, 0.25) is 0 Å². The van der Waals surface area contributed by atoms with Gasteiger partial charge in [-0.05, 0) is 32.1 Å². The third-order valence-corrected chi connectivity index (χ3v) is 2.89. The molecule has 0 rings (SSSR count). The summed E-state index contributed by atoms with van der Waals surface area (Å²) < 4.78 is 5.47. The van der Waals surface area contributed by atoms with Crippen molar-refractivity contribution in [3.63, 3.8) is 0 Å². The number of hydrogen-bond donors (Lipinski definition) is 1. The topological polar surface area (TPSA) is 29.5 Å². The Morgan fingerprint density at radius 1 is 0.765 bits per heavy atom. The summed E-state index contributed by atoms with van der Waals surface area (Å²) in [6.45, 7) is 5.71. The van der Waals surface area contributed by atoms with Gasteiger partial charge in [0.15, 0.2) is 0 Å². The smallest absolute Gasteiger partial charge is 0.0466 e. The number of ether oxygens (including phenoxy) is 1. The quantitative estimate of drug-likeness (QED) is 0.367. The summed E-state index contributed by atoms with van der Waals surface area (Å²) >= 11 is 0. The van der Waals surface area contributed by atoms with Crippen molar-refractivity contribution in [1.29, 1.82) is 0 Å². The summed E-state index contributed by atoms with van der Waals surface area (Å²) in [5.74, 6) is 0. The first-order valence-corrected chi connectivity index (χ1v) is 7.21. The third kappa shape index (κ3) is 15.7. The number of hydrogen-bond acceptors (Lipinski definition) is 2. The molecule has 1 N–H and O–H groups in total. The summed E-state index contributed by atoms with van der Waals surface area (Å²) in [5, 5.41) is 8.58. The fourth-order valence-corrected chi connectivity index (χ4v) is 1.79. The van der Waals surface area contributed by atoms with Crippen molar-refractivity contribution in [3.8, 4) is 0 Å². The molecule has 0 heterocycles. The lowest BCUT2D eigenvalue weighted by molar-refractivity contribution is 0.121. The minimum absolute atomic E-state index is 0.287. The highest BCUT2D eigenvalue weighted by Gasteiger charge is 1.92. The van der Waals surface area contributed by atoms with E-state index >= 15 is 0 Å². The van der Waals surface area contributed by atoms with Crippen LogP contribution in [0.25, 0.3) is 0 Å². The molecule has 0 aliphatic carbocycles. The van der Waals surface area contributed by atoms with Gasteiger partial charge in [0.25, 0.3) is 0 Å². The van der Waals surface area contributed by atoms with Crippen molar-refractivity contribution in [2.75, 3.05) is 19.8 Å². The average molecular weight is 242 g/mol. The van der Waals surface area contributed by atoms with Gasteiger partial charge < -0.3 is 9.84 Å². The molecule has 0 aromatic heterocycles. The Morgan fingerprint density at radius 3 is 1.88 bits per heavy atom. The molecule has 0 unspecified atom stereocenters. The predicted octanol–water partition coefficient (Wildman–Crippen LogP) is 4.08. The molecule has 0 aliphatic heterocycles. The normalized spacial score (nSPS) is 10.6. The van der Waals surface area contributed by atoms with Crippen LogP contribution in [-0.2, 0) is 4.74 Å². The molecule has 0 saturated carbocycles. The number of rotatable bonds is 14. The molecule has 0 aromatic rings. The van der Waals surface area contributed by atoms with E-state index in [-0.39, 0.29) is 6.61 Å². The van der Waals surface area contributed by atoms with Gasteiger partial charge in [-0.1, -0.05) is 38.2 Å². The van der Waals surface area contributed by atoms with Crippen molar-refractivity contribution < 1.29 is 9.84 Å². The summed E-state index contributed by atoms with van der Waals surface area (Å²) in [6, 6.07) is 0. The van der Waals surface area contributed by atoms with Gasteiger partial charge in [-0.25, -0.2) is 0 Å². The second kappa shape index (κ2) is 15.7. The van der Waals surface area contributed by atoms with Crippen LogP contribution < -0.4 is 0 Å². The molecule has 0 aliphatic rings. The Labute approximate surface area is 107 Å². The lowest BCUT2D eigenvalue weighted by Crippen LogP contribution is -1.98. The van der Waals surface area contributed by atoms with Gasteiger partial charge in [-0.2, -0.15) is 0 Å². The fraction of sp³-hybridized carbons (Fsp3) is 0.867. The molecule has 2 nitrogen and oxygen atoms in total. The molecule has 0 fully saturated rings. The molecule has 0 atom stereocenters. The van der Waals surface area contributed by atoms with E-state index in [4.69, 9.17) is 9.84 Å². The highest BCUT2D eigenvalue weighted by atomic mass is 16.5. The van der Waals surface area contributed by atoms with Crippen molar-refractivity contribution in [2.45, 2.75) is 64.2 Å². The Morgan fingerprint density at radius 2 is 1.29 bits per heavy atom. The van der Waals surface area contributed by atoms with Gasteiger partial charge in [-0.3, -0.25) is 0 Å². The zero-order valence-corrected chi connectivity index (χ0v) is 11.3. The number of unbranched alkanes of at least 4 members (excludes halogenated alkanes) is 8. The maximum Gasteiger partial charge on any atom is 0.0466 e. The Hall–Kier alpha value is -0.340. The lowest BCUT2D eigenvalue weighted by Gasteiger charge is -2.03. The molecule has 17 heavy (non-hydrogen) atoms. The van der Waals surface area contributed by atoms with E-state index in [1.54, 1.807) is 0 Å². The molecule has 0 spiro atoms. The van der Waals surface area contributed by atoms with E-state index in [1.807, 2.05) is 6.08 Å². The minimum Gasteiger partial charge on any atom is -0.396 e. The van der Waals surface area contributed by atoms with Crippen molar-refractivity contribution in [3.05, 3.63) is 12.7 Å². The van der Waals surface area contributed by atoms with Crippen molar-refractivity contribution in [2.24, 2.45) is 0 Å². The predicted molar refractivity (Wildman–Crippen MR) is 74.3 cm³/mol. The fourth-order valence-electron chi connectivity index (χ4n) is 1.79. The summed E-state index contributed by atoms with van der Waals surface area (Å²) in [5.41, 5.74) is 0. The summed E-state index contributed by atoms with van der Waals surface area (Å²) in [4.78, 5) is 0. The van der Waals surface area contributed by atoms with Crippen LogP contribution in [0.1, 0.15) is 64.2 Å². The van der Waals surface area contributed by atoms with Crippen molar-refractivity contribution in [1.82, 2.24) is 0 Å². The minimum atomic E-state index is 0.287. The highest BCUT2D eigenvalue weighted by Crippen LogP contribution is 2.08. The van der Waals surface area contributed by atoms with E-state index in [0.29, 0.717) is 0 Å². The molecule has 0 aromatic carbocycles. The molecule has 0 bridgehead atoms. The Bertz CT molecular complexity index is 146. The molecule has 102 valence electrons. The molecule has 0 radical (unpaired) electrons. The third-order valence-electron chi connectivity index (χ3n) is 2.89. The van der Waals surface area contributed by atoms with Gasteiger partial charge >= 0.3 is 0 Å². The molecular weight excluding hydrogens is 212 g/mol. The van der Waals surface area contributed by atoms with Crippen LogP contribution in [0, 0.1) is 0 Å².